The predicted octanol–water partition coefficient (Wildman–Crippen LogP) is 1.12. The van der Waals surface area contributed by atoms with Crippen LogP contribution in [-0.2, 0) is 4.79 Å². The lowest BCUT2D eigenvalue weighted by molar-refractivity contribution is -0.121. The Morgan fingerprint density at radius 1 is 1.17 bits per heavy atom. The third-order valence-electron chi connectivity index (χ3n) is 3.87. The van der Waals surface area contributed by atoms with Gasteiger partial charge in [-0.05, 0) is 51.7 Å². The van der Waals surface area contributed by atoms with Crippen LogP contribution in [0.5, 0.6) is 0 Å². The summed E-state index contributed by atoms with van der Waals surface area (Å²) in [6.07, 6.45) is 6.69. The minimum absolute atomic E-state index is 0.240. The molecular weight excluding hydrogens is 226 g/mol. The molecule has 104 valence electrons. The monoisotopic (exact) mass is 253 g/mol. The molecule has 0 aromatic heterocycles. The number of carbonyl (C=O) groups is 1. The van der Waals surface area contributed by atoms with Crippen molar-refractivity contribution in [2.45, 2.75) is 57.5 Å². The zero-order valence-corrected chi connectivity index (χ0v) is 11.6. The van der Waals surface area contributed by atoms with E-state index in [0.717, 1.165) is 26.2 Å². The van der Waals surface area contributed by atoms with E-state index in [2.05, 4.69) is 22.5 Å². The fraction of sp³-hybridized carbons (Fsp3) is 0.929. The van der Waals surface area contributed by atoms with Crippen LogP contribution in [0.2, 0.25) is 0 Å². The van der Waals surface area contributed by atoms with E-state index < -0.39 is 0 Å². The second kappa shape index (κ2) is 7.10. The van der Waals surface area contributed by atoms with Gasteiger partial charge in [0, 0.05) is 25.0 Å². The Morgan fingerprint density at radius 3 is 2.50 bits per heavy atom. The average Bonchev–Trinajstić information content (AvgIpc) is 3.19. The van der Waals surface area contributed by atoms with Gasteiger partial charge in [0.1, 0.15) is 0 Å². The highest BCUT2D eigenvalue weighted by Crippen LogP contribution is 2.18. The summed E-state index contributed by atoms with van der Waals surface area (Å²) in [5, 5.41) is 6.64. The fourth-order valence-corrected chi connectivity index (χ4v) is 2.50. The minimum atomic E-state index is 0.240. The van der Waals surface area contributed by atoms with Crippen molar-refractivity contribution < 1.29 is 4.79 Å². The average molecular weight is 253 g/mol. The highest BCUT2D eigenvalue weighted by Gasteiger charge is 2.24. The Kier molecular flexibility index (Phi) is 5.45. The summed E-state index contributed by atoms with van der Waals surface area (Å²) < 4.78 is 0. The molecule has 4 nitrogen and oxygen atoms in total. The molecule has 0 unspecified atom stereocenters. The van der Waals surface area contributed by atoms with E-state index in [1.54, 1.807) is 0 Å². The SMILES string of the molecule is CCCNC1CCN(CCC(=O)NC2CC2)CC1. The van der Waals surface area contributed by atoms with Crippen molar-refractivity contribution in [3.05, 3.63) is 0 Å². The van der Waals surface area contributed by atoms with E-state index in [1.807, 2.05) is 0 Å². The van der Waals surface area contributed by atoms with Crippen LogP contribution in [0.1, 0.15) is 45.4 Å². The summed E-state index contributed by atoms with van der Waals surface area (Å²) in [5.41, 5.74) is 0. The van der Waals surface area contributed by atoms with Gasteiger partial charge in [0.05, 0.1) is 0 Å². The third-order valence-corrected chi connectivity index (χ3v) is 3.87. The standard InChI is InChI=1S/C14H27N3O/c1-2-8-15-12-5-9-17(10-6-12)11-7-14(18)16-13-3-4-13/h12-13,15H,2-11H2,1H3,(H,16,18). The van der Waals surface area contributed by atoms with E-state index in [4.69, 9.17) is 0 Å². The molecule has 0 bridgehead atoms. The molecule has 2 fully saturated rings. The number of rotatable bonds is 7. The number of likely N-dealkylation sites (tertiary alicyclic amines) is 1. The first kappa shape index (κ1) is 13.8. The number of nitrogens with zero attached hydrogens (tertiary/aromatic N) is 1. The van der Waals surface area contributed by atoms with Crippen LogP contribution >= 0.6 is 0 Å². The molecule has 0 spiro atoms. The summed E-state index contributed by atoms with van der Waals surface area (Å²) >= 11 is 0. The molecule has 1 saturated carbocycles. The molecule has 2 N–H and O–H groups in total. The van der Waals surface area contributed by atoms with Crippen molar-refractivity contribution in [1.82, 2.24) is 15.5 Å². The van der Waals surface area contributed by atoms with E-state index in [9.17, 15) is 4.79 Å². The van der Waals surface area contributed by atoms with Crippen molar-refractivity contribution in [3.63, 3.8) is 0 Å². The topological polar surface area (TPSA) is 44.4 Å². The van der Waals surface area contributed by atoms with E-state index >= 15 is 0 Å². The number of hydrogen-bond acceptors (Lipinski definition) is 3. The first-order valence-electron chi connectivity index (χ1n) is 7.53. The molecule has 0 aromatic carbocycles. The predicted molar refractivity (Wildman–Crippen MR) is 73.5 cm³/mol. The van der Waals surface area contributed by atoms with E-state index in [-0.39, 0.29) is 5.91 Å². The molecule has 1 heterocycles. The molecule has 4 heteroatoms. The quantitative estimate of drug-likeness (QED) is 0.714. The van der Waals surface area contributed by atoms with Gasteiger partial charge in [-0.2, -0.15) is 0 Å². The van der Waals surface area contributed by atoms with Crippen LogP contribution in [0.4, 0.5) is 0 Å². The molecule has 2 rings (SSSR count). The lowest BCUT2D eigenvalue weighted by Gasteiger charge is -2.32. The second-order valence-corrected chi connectivity index (χ2v) is 5.66. The number of hydrogen-bond donors (Lipinski definition) is 2. The molecule has 18 heavy (non-hydrogen) atoms. The van der Waals surface area contributed by atoms with Gasteiger partial charge in [-0.1, -0.05) is 6.92 Å². The summed E-state index contributed by atoms with van der Waals surface area (Å²) in [6, 6.07) is 1.20. The van der Waals surface area contributed by atoms with Gasteiger partial charge in [-0.25, -0.2) is 0 Å². The zero-order valence-electron chi connectivity index (χ0n) is 11.6. The Morgan fingerprint density at radius 2 is 1.89 bits per heavy atom. The van der Waals surface area contributed by atoms with Crippen LogP contribution < -0.4 is 10.6 Å². The maximum Gasteiger partial charge on any atom is 0.221 e. The number of nitrogens with one attached hydrogen (secondary N) is 2. The molecule has 1 aliphatic carbocycles. The highest BCUT2D eigenvalue weighted by atomic mass is 16.1. The molecule has 0 radical (unpaired) electrons. The van der Waals surface area contributed by atoms with Gasteiger partial charge in [0.15, 0.2) is 0 Å². The van der Waals surface area contributed by atoms with Gasteiger partial charge < -0.3 is 15.5 Å². The summed E-state index contributed by atoms with van der Waals surface area (Å²) in [6.45, 7) is 6.55. The van der Waals surface area contributed by atoms with Crippen molar-refractivity contribution in [3.8, 4) is 0 Å². The summed E-state index contributed by atoms with van der Waals surface area (Å²) in [4.78, 5) is 14.0. The fourth-order valence-electron chi connectivity index (χ4n) is 2.50. The van der Waals surface area contributed by atoms with Crippen molar-refractivity contribution in [2.24, 2.45) is 0 Å². The Labute approximate surface area is 110 Å². The minimum Gasteiger partial charge on any atom is -0.353 e. The maximum atomic E-state index is 11.6. The van der Waals surface area contributed by atoms with E-state index in [1.165, 1.54) is 32.1 Å². The first-order chi connectivity index (χ1) is 8.78. The van der Waals surface area contributed by atoms with Gasteiger partial charge in [0.25, 0.3) is 0 Å². The highest BCUT2D eigenvalue weighted by molar-refractivity contribution is 5.76. The van der Waals surface area contributed by atoms with Crippen molar-refractivity contribution in [2.75, 3.05) is 26.2 Å². The van der Waals surface area contributed by atoms with Crippen LogP contribution in [-0.4, -0.2) is 49.1 Å². The van der Waals surface area contributed by atoms with Gasteiger partial charge >= 0.3 is 0 Å². The lowest BCUT2D eigenvalue weighted by atomic mass is 10.0. The summed E-state index contributed by atoms with van der Waals surface area (Å²) in [5.74, 6) is 0.240. The molecule has 1 aliphatic heterocycles. The number of amides is 1. The normalized spacial score (nSPS) is 22.1. The second-order valence-electron chi connectivity index (χ2n) is 5.66. The van der Waals surface area contributed by atoms with Crippen LogP contribution in [0, 0.1) is 0 Å². The van der Waals surface area contributed by atoms with Gasteiger partial charge in [-0.3, -0.25) is 4.79 Å². The number of piperidine rings is 1. The smallest absolute Gasteiger partial charge is 0.221 e. The molecule has 0 atom stereocenters. The molecule has 1 saturated heterocycles. The molecular formula is C14H27N3O. The number of carbonyl (C=O) groups excluding carboxylic acids is 1. The van der Waals surface area contributed by atoms with Crippen molar-refractivity contribution >= 4 is 5.91 Å². The Balaban J connectivity index is 1.53. The third kappa shape index (κ3) is 4.94. The van der Waals surface area contributed by atoms with Crippen LogP contribution in [0.15, 0.2) is 0 Å². The van der Waals surface area contributed by atoms with Crippen molar-refractivity contribution in [1.29, 1.82) is 0 Å². The Hall–Kier alpha value is -0.610. The molecule has 1 amide bonds. The zero-order chi connectivity index (χ0) is 12.8. The summed E-state index contributed by atoms with van der Waals surface area (Å²) in [7, 11) is 0. The Bertz CT molecular complexity index is 258. The molecule has 0 aromatic rings. The largest absolute Gasteiger partial charge is 0.353 e. The van der Waals surface area contributed by atoms with Gasteiger partial charge in [0.2, 0.25) is 5.91 Å². The van der Waals surface area contributed by atoms with Gasteiger partial charge in [-0.15, -0.1) is 0 Å². The molecule has 2 aliphatic rings. The first-order valence-corrected chi connectivity index (χ1v) is 7.53. The lowest BCUT2D eigenvalue weighted by Crippen LogP contribution is -2.43. The maximum absolute atomic E-state index is 11.6. The van der Waals surface area contributed by atoms with E-state index in [0.29, 0.717) is 18.5 Å². The van der Waals surface area contributed by atoms with Crippen LogP contribution in [0.25, 0.3) is 0 Å². The van der Waals surface area contributed by atoms with Crippen LogP contribution in [0.3, 0.4) is 0 Å².